The largest absolute Gasteiger partial charge is 0.442 e. The maximum absolute atomic E-state index is 14.7. The zero-order valence-electron chi connectivity index (χ0n) is 14.6. The predicted octanol–water partition coefficient (Wildman–Crippen LogP) is 1.65. The quantitative estimate of drug-likeness (QED) is 0.881. The van der Waals surface area contributed by atoms with Crippen molar-refractivity contribution in [1.82, 2.24) is 5.32 Å². The van der Waals surface area contributed by atoms with E-state index in [1.807, 2.05) is 4.90 Å². The van der Waals surface area contributed by atoms with E-state index in [-0.39, 0.29) is 37.0 Å². The fourth-order valence-corrected chi connectivity index (χ4v) is 3.83. The van der Waals surface area contributed by atoms with Gasteiger partial charge in [0.2, 0.25) is 5.91 Å². The van der Waals surface area contributed by atoms with Gasteiger partial charge < -0.3 is 19.7 Å². The molecule has 0 radical (unpaired) electrons. The van der Waals surface area contributed by atoms with E-state index < -0.39 is 12.2 Å². The summed E-state index contributed by atoms with van der Waals surface area (Å²) in [4.78, 5) is 26.5. The number of carbonyl (C=O) groups is 2. The molecule has 3 aliphatic heterocycles. The highest BCUT2D eigenvalue weighted by Crippen LogP contribution is 2.33. The van der Waals surface area contributed by atoms with E-state index in [9.17, 15) is 14.0 Å². The SMILES string of the molecule is CC(=O)NCC1CN(c2ccc(N3CC4CCC(C3)O4)c(F)c2)C(=O)O1. The van der Waals surface area contributed by atoms with Crippen LogP contribution in [0.5, 0.6) is 0 Å². The lowest BCUT2D eigenvalue weighted by atomic mass is 10.2. The molecular weight excluding hydrogens is 341 g/mol. The molecular formula is C18H22FN3O4. The fourth-order valence-electron chi connectivity index (χ4n) is 3.83. The second-order valence-electron chi connectivity index (χ2n) is 7.05. The van der Waals surface area contributed by atoms with Gasteiger partial charge in [-0.3, -0.25) is 9.69 Å². The third-order valence-electron chi connectivity index (χ3n) is 5.08. The minimum absolute atomic E-state index is 0.177. The molecule has 1 aromatic carbocycles. The van der Waals surface area contributed by atoms with E-state index in [1.165, 1.54) is 17.9 Å². The smallest absolute Gasteiger partial charge is 0.414 e. The van der Waals surface area contributed by atoms with Crippen molar-refractivity contribution in [3.8, 4) is 0 Å². The molecule has 8 heteroatoms. The summed E-state index contributed by atoms with van der Waals surface area (Å²) in [5, 5.41) is 2.62. The van der Waals surface area contributed by atoms with Crippen molar-refractivity contribution >= 4 is 23.4 Å². The lowest BCUT2D eigenvalue weighted by Crippen LogP contribution is -2.43. The molecule has 3 aliphatic rings. The first kappa shape index (κ1) is 17.1. The number of nitrogens with zero attached hydrogens (tertiary/aromatic N) is 2. The molecule has 1 aromatic rings. The van der Waals surface area contributed by atoms with Crippen molar-refractivity contribution in [2.75, 3.05) is 36.0 Å². The van der Waals surface area contributed by atoms with Crippen LogP contribution >= 0.6 is 0 Å². The van der Waals surface area contributed by atoms with Gasteiger partial charge in [0.05, 0.1) is 36.7 Å². The molecule has 3 atom stereocenters. The second-order valence-corrected chi connectivity index (χ2v) is 7.05. The van der Waals surface area contributed by atoms with Crippen molar-refractivity contribution in [1.29, 1.82) is 0 Å². The highest BCUT2D eigenvalue weighted by atomic mass is 19.1. The number of carbonyl (C=O) groups excluding carboxylic acids is 2. The number of halogens is 1. The number of rotatable bonds is 4. The van der Waals surface area contributed by atoms with E-state index in [0.717, 1.165) is 12.8 Å². The molecule has 26 heavy (non-hydrogen) atoms. The highest BCUT2D eigenvalue weighted by Gasteiger charge is 2.36. The van der Waals surface area contributed by atoms with Crippen LogP contribution in [0.25, 0.3) is 0 Å². The molecule has 0 aliphatic carbocycles. The standard InChI is InChI=1S/C18H22FN3O4/c1-11(23)20-7-15-10-22(18(24)26-15)12-2-5-17(16(19)6-12)21-8-13-3-4-14(9-21)25-13/h2,5-6,13-15H,3-4,7-10H2,1H3,(H,20,23). The third kappa shape index (κ3) is 3.33. The number of cyclic esters (lactones) is 1. The van der Waals surface area contributed by atoms with Crippen molar-refractivity contribution in [3.05, 3.63) is 24.0 Å². The van der Waals surface area contributed by atoms with Crippen LogP contribution in [-0.4, -0.2) is 56.5 Å². The summed E-state index contributed by atoms with van der Waals surface area (Å²) in [5.74, 6) is -0.545. The molecule has 3 heterocycles. The Bertz CT molecular complexity index is 716. The number of hydrogen-bond acceptors (Lipinski definition) is 5. The number of anilines is 2. The average molecular weight is 363 g/mol. The Balaban J connectivity index is 1.46. The van der Waals surface area contributed by atoms with Gasteiger partial charge in [0.25, 0.3) is 0 Å². The summed E-state index contributed by atoms with van der Waals surface area (Å²) >= 11 is 0. The van der Waals surface area contributed by atoms with Gasteiger partial charge in [-0.1, -0.05) is 0 Å². The predicted molar refractivity (Wildman–Crippen MR) is 92.8 cm³/mol. The van der Waals surface area contributed by atoms with E-state index in [1.54, 1.807) is 12.1 Å². The van der Waals surface area contributed by atoms with Crippen molar-refractivity contribution in [3.63, 3.8) is 0 Å². The highest BCUT2D eigenvalue weighted by molar-refractivity contribution is 5.90. The van der Waals surface area contributed by atoms with Gasteiger partial charge in [0.1, 0.15) is 11.9 Å². The molecule has 1 N–H and O–H groups in total. The van der Waals surface area contributed by atoms with Gasteiger partial charge in [-0.25, -0.2) is 9.18 Å². The Labute approximate surface area is 151 Å². The molecule has 4 rings (SSSR count). The zero-order valence-corrected chi connectivity index (χ0v) is 14.6. The number of nitrogens with one attached hydrogen (secondary N) is 1. The summed E-state index contributed by atoms with van der Waals surface area (Å²) in [6.45, 7) is 3.31. The maximum atomic E-state index is 14.7. The molecule has 2 bridgehead atoms. The lowest BCUT2D eigenvalue weighted by Gasteiger charge is -2.34. The topological polar surface area (TPSA) is 71.1 Å². The van der Waals surface area contributed by atoms with Gasteiger partial charge in [0.15, 0.2) is 0 Å². The van der Waals surface area contributed by atoms with Gasteiger partial charge in [-0.05, 0) is 31.0 Å². The average Bonchev–Trinajstić information content (AvgIpc) is 3.14. The minimum Gasteiger partial charge on any atom is -0.442 e. The molecule has 0 spiro atoms. The van der Waals surface area contributed by atoms with Gasteiger partial charge >= 0.3 is 6.09 Å². The fraction of sp³-hybridized carbons (Fsp3) is 0.556. The number of morpholine rings is 1. The van der Waals surface area contributed by atoms with Crippen LogP contribution in [-0.2, 0) is 14.3 Å². The van der Waals surface area contributed by atoms with Crippen LogP contribution in [0.1, 0.15) is 19.8 Å². The van der Waals surface area contributed by atoms with Crippen LogP contribution in [0.4, 0.5) is 20.6 Å². The van der Waals surface area contributed by atoms with Crippen molar-refractivity contribution < 1.29 is 23.5 Å². The molecule has 0 aromatic heterocycles. The Hall–Kier alpha value is -2.35. The van der Waals surface area contributed by atoms with E-state index in [4.69, 9.17) is 9.47 Å². The van der Waals surface area contributed by atoms with E-state index >= 15 is 0 Å². The number of fused-ring (bicyclic) bond motifs is 2. The summed E-state index contributed by atoms with van der Waals surface area (Å²) in [6, 6.07) is 4.82. The first-order valence-electron chi connectivity index (χ1n) is 8.92. The van der Waals surface area contributed by atoms with Crippen LogP contribution in [0.15, 0.2) is 18.2 Å². The van der Waals surface area contributed by atoms with Crippen LogP contribution in [0.2, 0.25) is 0 Å². The third-order valence-corrected chi connectivity index (χ3v) is 5.08. The van der Waals surface area contributed by atoms with Crippen LogP contribution in [0, 0.1) is 5.82 Å². The maximum Gasteiger partial charge on any atom is 0.414 e. The Morgan fingerprint density at radius 2 is 2.00 bits per heavy atom. The number of benzene rings is 1. The monoisotopic (exact) mass is 363 g/mol. The van der Waals surface area contributed by atoms with Gasteiger partial charge in [0, 0.05) is 20.0 Å². The molecule has 2 amide bonds. The lowest BCUT2D eigenvalue weighted by molar-refractivity contribution is -0.119. The molecule has 3 saturated heterocycles. The second kappa shape index (κ2) is 6.75. The number of ether oxygens (including phenoxy) is 2. The van der Waals surface area contributed by atoms with Crippen LogP contribution < -0.4 is 15.1 Å². The molecule has 7 nitrogen and oxygen atoms in total. The van der Waals surface area contributed by atoms with Gasteiger partial charge in [-0.2, -0.15) is 0 Å². The van der Waals surface area contributed by atoms with Crippen molar-refractivity contribution in [2.45, 2.75) is 38.1 Å². The molecule has 3 unspecified atom stereocenters. The van der Waals surface area contributed by atoms with E-state index in [2.05, 4.69) is 5.32 Å². The molecule has 140 valence electrons. The summed E-state index contributed by atoms with van der Waals surface area (Å²) in [6.07, 6.45) is 1.43. The Kier molecular flexibility index (Phi) is 4.44. The van der Waals surface area contributed by atoms with Gasteiger partial charge in [-0.15, -0.1) is 0 Å². The normalized spacial score (nSPS) is 27.6. The summed E-state index contributed by atoms with van der Waals surface area (Å²) < 4.78 is 25.7. The summed E-state index contributed by atoms with van der Waals surface area (Å²) in [5.41, 5.74) is 0.995. The number of hydrogen-bond donors (Lipinski definition) is 1. The minimum atomic E-state index is -0.531. The zero-order chi connectivity index (χ0) is 18.3. The first-order valence-corrected chi connectivity index (χ1v) is 8.92. The first-order chi connectivity index (χ1) is 12.5. The van der Waals surface area contributed by atoms with Crippen molar-refractivity contribution in [2.24, 2.45) is 0 Å². The molecule has 0 saturated carbocycles. The molecule has 3 fully saturated rings. The van der Waals surface area contributed by atoms with E-state index in [0.29, 0.717) is 24.5 Å². The Morgan fingerprint density at radius 1 is 1.27 bits per heavy atom. The van der Waals surface area contributed by atoms with Crippen LogP contribution in [0.3, 0.4) is 0 Å². The number of amides is 2. The Morgan fingerprint density at radius 3 is 2.65 bits per heavy atom. The summed E-state index contributed by atoms with van der Waals surface area (Å²) in [7, 11) is 0.